The smallest absolute Gasteiger partial charge is 0.246 e. The van der Waals surface area contributed by atoms with Crippen molar-refractivity contribution in [1.82, 2.24) is 14.9 Å². The van der Waals surface area contributed by atoms with Gasteiger partial charge in [-0.25, -0.2) is 9.97 Å². The van der Waals surface area contributed by atoms with E-state index in [1.54, 1.807) is 30.8 Å². The number of carbonyl (C=O) groups excluding carboxylic acids is 1. The van der Waals surface area contributed by atoms with Crippen molar-refractivity contribution in [2.45, 2.75) is 20.3 Å². The molecule has 0 bridgehead atoms. The molecule has 0 unspecified atom stereocenters. The van der Waals surface area contributed by atoms with Gasteiger partial charge in [0.05, 0.1) is 19.1 Å². The summed E-state index contributed by atoms with van der Waals surface area (Å²) in [5.74, 6) is 2.33. The van der Waals surface area contributed by atoms with E-state index >= 15 is 0 Å². The molecule has 1 aromatic carbocycles. The Morgan fingerprint density at radius 3 is 2.66 bits per heavy atom. The number of methoxy groups -OCH3 is 1. The van der Waals surface area contributed by atoms with Crippen molar-refractivity contribution >= 4 is 39.4 Å². The Labute approximate surface area is 192 Å². The predicted molar refractivity (Wildman–Crippen MR) is 129 cm³/mol. The first-order valence-corrected chi connectivity index (χ1v) is 11.7. The van der Waals surface area contributed by atoms with Crippen molar-refractivity contribution in [3.63, 3.8) is 0 Å². The number of anilines is 1. The average Bonchev–Trinajstić information content (AvgIpc) is 3.27. The van der Waals surface area contributed by atoms with Crippen LogP contribution in [0.1, 0.15) is 24.3 Å². The molecule has 1 amide bonds. The van der Waals surface area contributed by atoms with Crippen molar-refractivity contribution in [2.24, 2.45) is 0 Å². The monoisotopic (exact) mass is 452 g/mol. The Kier molecular flexibility index (Phi) is 6.90. The summed E-state index contributed by atoms with van der Waals surface area (Å²) >= 11 is 1.72. The number of carbonyl (C=O) groups is 1. The molecule has 0 aliphatic carbocycles. The third-order valence-electron chi connectivity index (χ3n) is 5.50. The highest BCUT2D eigenvalue weighted by atomic mass is 32.1. The lowest BCUT2D eigenvalue weighted by Gasteiger charge is -2.35. The topological polar surface area (TPSA) is 67.8 Å². The van der Waals surface area contributed by atoms with Crippen LogP contribution >= 0.6 is 11.3 Å². The number of thiophene rings is 1. The summed E-state index contributed by atoms with van der Waals surface area (Å²) in [6.07, 6.45) is 6.08. The third kappa shape index (κ3) is 4.70. The number of aryl methyl sites for hydroxylation is 1. The van der Waals surface area contributed by atoms with Gasteiger partial charge in [-0.1, -0.05) is 13.0 Å². The number of amides is 1. The van der Waals surface area contributed by atoms with E-state index in [0.717, 1.165) is 41.1 Å². The summed E-state index contributed by atoms with van der Waals surface area (Å²) in [6, 6.07) is 7.85. The van der Waals surface area contributed by atoms with Crippen LogP contribution in [0.5, 0.6) is 11.5 Å². The summed E-state index contributed by atoms with van der Waals surface area (Å²) in [5.41, 5.74) is 0.893. The third-order valence-corrected chi connectivity index (χ3v) is 6.69. The average molecular weight is 453 g/mol. The highest BCUT2D eigenvalue weighted by Crippen LogP contribution is 2.31. The molecule has 1 aliphatic heterocycles. The lowest BCUT2D eigenvalue weighted by molar-refractivity contribution is -0.126. The maximum Gasteiger partial charge on any atom is 0.246 e. The molecule has 4 rings (SSSR count). The largest absolute Gasteiger partial charge is 0.493 e. The molecule has 2 aromatic heterocycles. The van der Waals surface area contributed by atoms with Crippen LogP contribution in [0.4, 0.5) is 5.82 Å². The SMILES string of the molecule is CCOc1ccc(/C=C/C(=O)N2CCN(c3ncnc4sc(CC)cc34)CC2)cc1OC. The number of aromatic nitrogens is 2. The fraction of sp³-hybridized carbons (Fsp3) is 0.375. The molecule has 0 saturated carbocycles. The van der Waals surface area contributed by atoms with Gasteiger partial charge in [-0.2, -0.15) is 0 Å². The molecule has 0 N–H and O–H groups in total. The standard InChI is InChI=1S/C24H28N4O3S/c1-4-18-15-19-23(25-16-26-24(19)32-18)28-12-10-27(11-13-28)22(29)9-7-17-6-8-20(31-5-2)21(14-17)30-3/h6-9,14-16H,4-5,10-13H2,1-3H3/b9-7+. The zero-order valence-corrected chi connectivity index (χ0v) is 19.5. The normalized spacial score (nSPS) is 14.3. The summed E-state index contributed by atoms with van der Waals surface area (Å²) < 4.78 is 10.9. The van der Waals surface area contributed by atoms with Crippen LogP contribution in [0.2, 0.25) is 0 Å². The quantitative estimate of drug-likeness (QED) is 0.505. The molecule has 7 nitrogen and oxygen atoms in total. The molecule has 0 radical (unpaired) electrons. The highest BCUT2D eigenvalue weighted by Gasteiger charge is 2.22. The second-order valence-electron chi connectivity index (χ2n) is 7.47. The van der Waals surface area contributed by atoms with Crippen molar-refractivity contribution in [3.8, 4) is 11.5 Å². The van der Waals surface area contributed by atoms with E-state index in [1.165, 1.54) is 4.88 Å². The van der Waals surface area contributed by atoms with Crippen molar-refractivity contribution in [2.75, 3.05) is 44.8 Å². The number of benzene rings is 1. The van der Waals surface area contributed by atoms with Gasteiger partial charge in [0, 0.05) is 37.1 Å². The number of hydrogen-bond acceptors (Lipinski definition) is 7. The Balaban J connectivity index is 1.39. The van der Waals surface area contributed by atoms with Crippen LogP contribution in [0, 0.1) is 0 Å². The highest BCUT2D eigenvalue weighted by molar-refractivity contribution is 7.18. The lowest BCUT2D eigenvalue weighted by atomic mass is 10.2. The molecule has 3 heterocycles. The number of rotatable bonds is 7. The minimum Gasteiger partial charge on any atom is -0.493 e. The maximum absolute atomic E-state index is 12.7. The van der Waals surface area contributed by atoms with Crippen molar-refractivity contribution < 1.29 is 14.3 Å². The van der Waals surface area contributed by atoms with Crippen LogP contribution in [0.25, 0.3) is 16.3 Å². The summed E-state index contributed by atoms with van der Waals surface area (Å²) in [5, 5.41) is 1.11. The number of ether oxygens (including phenoxy) is 2. The number of hydrogen-bond donors (Lipinski definition) is 0. The number of piperazine rings is 1. The van der Waals surface area contributed by atoms with Gasteiger partial charge < -0.3 is 19.3 Å². The van der Waals surface area contributed by atoms with E-state index < -0.39 is 0 Å². The van der Waals surface area contributed by atoms with Gasteiger partial charge in [0.25, 0.3) is 0 Å². The van der Waals surface area contributed by atoms with E-state index in [2.05, 4.69) is 27.9 Å². The van der Waals surface area contributed by atoms with Gasteiger partial charge in [0.2, 0.25) is 5.91 Å². The van der Waals surface area contributed by atoms with E-state index in [-0.39, 0.29) is 5.91 Å². The zero-order chi connectivity index (χ0) is 22.5. The summed E-state index contributed by atoms with van der Waals surface area (Å²) in [6.45, 7) is 7.47. The fourth-order valence-corrected chi connectivity index (χ4v) is 4.72. The van der Waals surface area contributed by atoms with E-state index in [4.69, 9.17) is 9.47 Å². The second-order valence-corrected chi connectivity index (χ2v) is 8.59. The van der Waals surface area contributed by atoms with E-state index in [9.17, 15) is 4.79 Å². The summed E-state index contributed by atoms with van der Waals surface area (Å²) in [7, 11) is 1.61. The molecule has 8 heteroatoms. The summed E-state index contributed by atoms with van der Waals surface area (Å²) in [4.78, 5) is 28.2. The Bertz CT molecular complexity index is 1120. The first-order valence-electron chi connectivity index (χ1n) is 10.9. The van der Waals surface area contributed by atoms with Crippen LogP contribution in [0.15, 0.2) is 36.7 Å². The molecule has 32 heavy (non-hydrogen) atoms. The zero-order valence-electron chi connectivity index (χ0n) is 18.7. The van der Waals surface area contributed by atoms with Gasteiger partial charge in [0.1, 0.15) is 17.0 Å². The van der Waals surface area contributed by atoms with Crippen molar-refractivity contribution in [1.29, 1.82) is 0 Å². The minimum absolute atomic E-state index is 0.00846. The maximum atomic E-state index is 12.7. The molecular weight excluding hydrogens is 424 g/mol. The van der Waals surface area contributed by atoms with Gasteiger partial charge in [-0.05, 0) is 43.2 Å². The Hall–Kier alpha value is -3.13. The van der Waals surface area contributed by atoms with E-state index in [0.29, 0.717) is 31.2 Å². The van der Waals surface area contributed by atoms with Crippen molar-refractivity contribution in [3.05, 3.63) is 47.1 Å². The predicted octanol–water partition coefficient (Wildman–Crippen LogP) is 4.02. The van der Waals surface area contributed by atoms with Gasteiger partial charge in [-0.15, -0.1) is 11.3 Å². The second kappa shape index (κ2) is 9.99. The number of fused-ring (bicyclic) bond motifs is 1. The van der Waals surface area contributed by atoms with Gasteiger partial charge >= 0.3 is 0 Å². The van der Waals surface area contributed by atoms with Crippen LogP contribution in [-0.2, 0) is 11.2 Å². The molecule has 1 aliphatic rings. The van der Waals surface area contributed by atoms with Gasteiger partial charge in [-0.3, -0.25) is 4.79 Å². The van der Waals surface area contributed by atoms with Crippen LogP contribution in [-0.4, -0.2) is 60.7 Å². The van der Waals surface area contributed by atoms with Crippen LogP contribution in [0.3, 0.4) is 0 Å². The molecular formula is C24H28N4O3S. The number of nitrogens with zero attached hydrogens (tertiary/aromatic N) is 4. The fourth-order valence-electron chi connectivity index (χ4n) is 3.79. The lowest BCUT2D eigenvalue weighted by Crippen LogP contribution is -2.48. The molecule has 0 spiro atoms. The molecule has 0 atom stereocenters. The molecule has 168 valence electrons. The molecule has 1 fully saturated rings. The minimum atomic E-state index is 0.00846. The van der Waals surface area contributed by atoms with Gasteiger partial charge in [0.15, 0.2) is 11.5 Å². The Morgan fingerprint density at radius 2 is 1.94 bits per heavy atom. The first kappa shape index (κ1) is 22.1. The molecule has 1 saturated heterocycles. The molecule has 3 aromatic rings. The van der Waals surface area contributed by atoms with E-state index in [1.807, 2.05) is 36.1 Å². The Morgan fingerprint density at radius 1 is 1.12 bits per heavy atom. The van der Waals surface area contributed by atoms with Crippen LogP contribution < -0.4 is 14.4 Å². The first-order chi connectivity index (χ1) is 15.6.